The highest BCUT2D eigenvalue weighted by atomic mass is 16.6. The van der Waals surface area contributed by atoms with Gasteiger partial charge in [0.05, 0.1) is 0 Å². The number of nitrogens with one attached hydrogen (secondary N) is 2. The molecule has 2 heterocycles. The van der Waals surface area contributed by atoms with Crippen molar-refractivity contribution in [3.05, 3.63) is 28.2 Å². The molecule has 27 heavy (non-hydrogen) atoms. The number of carbonyl (C=O) groups excluding carboxylic acids is 2. The van der Waals surface area contributed by atoms with Crippen LogP contribution < -0.4 is 5.32 Å². The monoisotopic (exact) mass is 376 g/mol. The second-order valence-corrected chi connectivity index (χ2v) is 8.58. The van der Waals surface area contributed by atoms with Crippen molar-refractivity contribution in [3.8, 4) is 0 Å². The fourth-order valence-corrected chi connectivity index (χ4v) is 3.08. The van der Waals surface area contributed by atoms with Crippen LogP contribution in [0.5, 0.6) is 0 Å². The van der Waals surface area contributed by atoms with Gasteiger partial charge in [0, 0.05) is 29.6 Å². The normalized spacial score (nSPS) is 17.9. The zero-order chi connectivity index (χ0) is 20.6. The summed E-state index contributed by atoms with van der Waals surface area (Å²) in [5, 5.41) is 11.9. The molecule has 0 spiro atoms. The molecule has 1 fully saturated rings. The molecule has 1 aromatic heterocycles. The van der Waals surface area contributed by atoms with E-state index in [0.717, 1.165) is 11.3 Å². The van der Waals surface area contributed by atoms with E-state index in [1.54, 1.807) is 20.8 Å². The van der Waals surface area contributed by atoms with Crippen molar-refractivity contribution < 1.29 is 24.2 Å². The van der Waals surface area contributed by atoms with Gasteiger partial charge in [-0.1, -0.05) is 13.8 Å². The Labute approximate surface area is 159 Å². The second kappa shape index (κ2) is 7.21. The summed E-state index contributed by atoms with van der Waals surface area (Å²) in [7, 11) is 0. The summed E-state index contributed by atoms with van der Waals surface area (Å²) in [6.45, 7) is 11.1. The van der Waals surface area contributed by atoms with Crippen LogP contribution in [0.1, 0.15) is 74.8 Å². The molecule has 1 aromatic rings. The molecule has 1 aliphatic heterocycles. The number of esters is 1. The first kappa shape index (κ1) is 20.7. The number of carbonyl (C=O) groups is 3. The maximum atomic E-state index is 12.6. The molecule has 2 rings (SSSR count). The number of ether oxygens (including phenoxy) is 1. The predicted octanol–water partition coefficient (Wildman–Crippen LogP) is 3.18. The van der Waals surface area contributed by atoms with Crippen LogP contribution >= 0.6 is 0 Å². The van der Waals surface area contributed by atoms with E-state index in [-0.39, 0.29) is 29.9 Å². The highest BCUT2D eigenvalue weighted by molar-refractivity contribution is 5.91. The van der Waals surface area contributed by atoms with Crippen molar-refractivity contribution in [1.82, 2.24) is 10.3 Å². The van der Waals surface area contributed by atoms with Gasteiger partial charge in [0.2, 0.25) is 5.91 Å². The van der Waals surface area contributed by atoms with E-state index in [1.807, 2.05) is 26.8 Å². The number of carboxylic acids is 1. The molecule has 0 saturated carbocycles. The van der Waals surface area contributed by atoms with Crippen LogP contribution in [-0.2, 0) is 20.7 Å². The van der Waals surface area contributed by atoms with E-state index >= 15 is 0 Å². The van der Waals surface area contributed by atoms with Crippen molar-refractivity contribution in [1.29, 1.82) is 0 Å². The van der Waals surface area contributed by atoms with Gasteiger partial charge in [-0.25, -0.2) is 4.79 Å². The van der Waals surface area contributed by atoms with Gasteiger partial charge in [-0.15, -0.1) is 0 Å². The Kier molecular flexibility index (Phi) is 5.54. The fraction of sp³-hybridized carbons (Fsp3) is 0.550. The van der Waals surface area contributed by atoms with E-state index in [0.29, 0.717) is 17.7 Å². The van der Waals surface area contributed by atoms with Gasteiger partial charge >= 0.3 is 11.9 Å². The lowest BCUT2D eigenvalue weighted by molar-refractivity contribution is -0.137. The van der Waals surface area contributed by atoms with E-state index in [4.69, 9.17) is 9.84 Å². The Bertz CT molecular complexity index is 809. The molecule has 0 unspecified atom stereocenters. The third-order valence-electron chi connectivity index (χ3n) is 4.50. The molecular formula is C20H28N2O5. The number of hydrogen-bond donors (Lipinski definition) is 3. The van der Waals surface area contributed by atoms with E-state index in [2.05, 4.69) is 10.3 Å². The van der Waals surface area contributed by atoms with Crippen LogP contribution in [0.4, 0.5) is 0 Å². The SMILES string of the molecule is Cc1c(/C=C2\NC(=O)CC2(C)C)[nH]c(C(=O)OC(C)(C)C)c1CCC(=O)O. The summed E-state index contributed by atoms with van der Waals surface area (Å²) < 4.78 is 5.46. The number of rotatable bonds is 5. The Hall–Kier alpha value is -2.57. The van der Waals surface area contributed by atoms with Crippen LogP contribution in [0.15, 0.2) is 5.70 Å². The molecule has 0 aromatic carbocycles. The molecule has 0 atom stereocenters. The summed E-state index contributed by atoms with van der Waals surface area (Å²) in [4.78, 5) is 38.5. The van der Waals surface area contributed by atoms with Gasteiger partial charge in [-0.05, 0) is 51.3 Å². The van der Waals surface area contributed by atoms with Gasteiger partial charge < -0.3 is 20.1 Å². The smallest absolute Gasteiger partial charge is 0.355 e. The zero-order valence-electron chi connectivity index (χ0n) is 16.8. The first-order chi connectivity index (χ1) is 12.3. The van der Waals surface area contributed by atoms with Crippen LogP contribution in [0, 0.1) is 12.3 Å². The number of allylic oxidation sites excluding steroid dienone is 1. The van der Waals surface area contributed by atoms with Crippen molar-refractivity contribution in [2.45, 2.75) is 66.4 Å². The number of aromatic nitrogens is 1. The Morgan fingerprint density at radius 2 is 1.93 bits per heavy atom. The summed E-state index contributed by atoms with van der Waals surface area (Å²) in [6.07, 6.45) is 2.33. The summed E-state index contributed by atoms with van der Waals surface area (Å²) in [5.74, 6) is -1.51. The molecule has 7 nitrogen and oxygen atoms in total. The fourth-order valence-electron chi connectivity index (χ4n) is 3.08. The number of aliphatic carboxylic acids is 1. The van der Waals surface area contributed by atoms with Crippen LogP contribution in [0.3, 0.4) is 0 Å². The molecular weight excluding hydrogens is 348 g/mol. The molecule has 0 aliphatic carbocycles. The first-order valence-electron chi connectivity index (χ1n) is 8.99. The highest BCUT2D eigenvalue weighted by Gasteiger charge is 2.35. The number of hydrogen-bond acceptors (Lipinski definition) is 4. The molecule has 1 saturated heterocycles. The Morgan fingerprint density at radius 1 is 1.30 bits per heavy atom. The van der Waals surface area contributed by atoms with Gasteiger partial charge in [-0.2, -0.15) is 0 Å². The van der Waals surface area contributed by atoms with E-state index < -0.39 is 17.5 Å². The lowest BCUT2D eigenvalue weighted by atomic mass is 9.88. The maximum Gasteiger partial charge on any atom is 0.355 e. The van der Waals surface area contributed by atoms with Gasteiger partial charge in [0.25, 0.3) is 0 Å². The van der Waals surface area contributed by atoms with Gasteiger partial charge in [-0.3, -0.25) is 9.59 Å². The lowest BCUT2D eigenvalue weighted by Gasteiger charge is -2.19. The largest absolute Gasteiger partial charge is 0.481 e. The molecule has 1 aliphatic rings. The average Bonchev–Trinajstić information content (AvgIpc) is 2.92. The minimum absolute atomic E-state index is 0.0473. The molecule has 3 N–H and O–H groups in total. The first-order valence-corrected chi connectivity index (χ1v) is 8.99. The standard InChI is InChI=1S/C20H28N2O5/c1-11-12(7-8-16(24)25)17(18(26)27-19(2,3)4)21-13(11)9-14-20(5,6)10-15(23)22-14/h9,21H,7-8,10H2,1-6H3,(H,22,23)(H,24,25)/b14-9-. The third kappa shape index (κ3) is 4.99. The number of carboxylic acid groups (broad SMARTS) is 1. The molecule has 1 amide bonds. The van der Waals surface area contributed by atoms with E-state index in [1.165, 1.54) is 0 Å². The molecule has 0 bridgehead atoms. The van der Waals surface area contributed by atoms with Crippen molar-refractivity contribution in [2.75, 3.05) is 0 Å². The van der Waals surface area contributed by atoms with Crippen LogP contribution in [0.25, 0.3) is 6.08 Å². The number of H-pyrrole nitrogens is 1. The quantitative estimate of drug-likeness (QED) is 0.684. The number of aromatic amines is 1. The summed E-state index contributed by atoms with van der Waals surface area (Å²) in [5.41, 5.74) is 2.10. The topological polar surface area (TPSA) is 108 Å². The summed E-state index contributed by atoms with van der Waals surface area (Å²) in [6, 6.07) is 0. The predicted molar refractivity (Wildman–Crippen MR) is 101 cm³/mol. The Morgan fingerprint density at radius 3 is 2.41 bits per heavy atom. The molecule has 7 heteroatoms. The zero-order valence-corrected chi connectivity index (χ0v) is 16.8. The average molecular weight is 376 g/mol. The van der Waals surface area contributed by atoms with Gasteiger partial charge in [0.1, 0.15) is 11.3 Å². The Balaban J connectivity index is 2.47. The van der Waals surface area contributed by atoms with Crippen LogP contribution in [-0.4, -0.2) is 33.5 Å². The van der Waals surface area contributed by atoms with Crippen molar-refractivity contribution in [2.24, 2.45) is 5.41 Å². The van der Waals surface area contributed by atoms with E-state index in [9.17, 15) is 14.4 Å². The second-order valence-electron chi connectivity index (χ2n) is 8.58. The molecule has 0 radical (unpaired) electrons. The third-order valence-corrected chi connectivity index (χ3v) is 4.50. The van der Waals surface area contributed by atoms with Crippen LogP contribution in [0.2, 0.25) is 0 Å². The maximum absolute atomic E-state index is 12.6. The summed E-state index contributed by atoms with van der Waals surface area (Å²) >= 11 is 0. The minimum atomic E-state index is -0.935. The molecule has 148 valence electrons. The number of amides is 1. The van der Waals surface area contributed by atoms with Gasteiger partial charge in [0.15, 0.2) is 0 Å². The highest BCUT2D eigenvalue weighted by Crippen LogP contribution is 2.35. The van der Waals surface area contributed by atoms with Crippen molar-refractivity contribution >= 4 is 23.9 Å². The minimum Gasteiger partial charge on any atom is -0.481 e. The van der Waals surface area contributed by atoms with Crippen molar-refractivity contribution in [3.63, 3.8) is 0 Å². The lowest BCUT2D eigenvalue weighted by Crippen LogP contribution is -2.24.